The third-order valence-electron chi connectivity index (χ3n) is 5.87. The van der Waals surface area contributed by atoms with Gasteiger partial charge in [0, 0.05) is 13.5 Å². The summed E-state index contributed by atoms with van der Waals surface area (Å²) < 4.78 is 26.8. The van der Waals surface area contributed by atoms with Gasteiger partial charge >= 0.3 is 0 Å². The quantitative estimate of drug-likeness (QED) is 0.293. The van der Waals surface area contributed by atoms with Crippen molar-refractivity contribution in [1.29, 1.82) is 0 Å². The maximum atomic E-state index is 12.8. The summed E-state index contributed by atoms with van der Waals surface area (Å²) >= 11 is 17.6. The van der Waals surface area contributed by atoms with Gasteiger partial charge in [0.2, 0.25) is 0 Å². The third-order valence-corrected chi connectivity index (χ3v) is 6.39. The number of halogens is 3. The molecule has 0 saturated carbocycles. The van der Waals surface area contributed by atoms with Gasteiger partial charge in [-0.1, -0.05) is 83.3 Å². The van der Waals surface area contributed by atoms with Crippen molar-refractivity contribution >= 4 is 40.7 Å². The first-order valence-electron chi connectivity index (χ1n) is 11.3. The van der Waals surface area contributed by atoms with Crippen molar-refractivity contribution in [3.8, 4) is 5.75 Å². The highest BCUT2D eigenvalue weighted by Gasteiger charge is 2.51. The molecule has 0 unspecified atom stereocenters. The van der Waals surface area contributed by atoms with Crippen molar-refractivity contribution in [2.45, 2.75) is 47.5 Å². The molecule has 1 amide bonds. The van der Waals surface area contributed by atoms with Crippen LogP contribution in [0.1, 0.15) is 17.5 Å². The highest BCUT2D eigenvalue weighted by atomic mass is 35.6. The zero-order chi connectivity index (χ0) is 26.2. The van der Waals surface area contributed by atoms with Crippen LogP contribution in [0.3, 0.4) is 0 Å². The minimum absolute atomic E-state index is 0.0265. The Labute approximate surface area is 226 Å². The molecule has 3 rings (SSSR count). The lowest BCUT2D eigenvalue weighted by Gasteiger charge is -2.39. The number of alkyl halides is 3. The second-order valence-corrected chi connectivity index (χ2v) is 10.6. The standard InChI is InChI=1S/C26H30Cl3NO6/c1-4-25(30-24(31)26(27,28)29,17-34-15-19-10-12-20(32-2)13-11-19)23-21(14-22(33-3)36-23)35-16-18-8-6-5-7-9-18/h4-13,21-23H,1,14-17H2,2-3H3,(H,30,31)/t21-,22+,23-,25+/m1/s1. The molecule has 36 heavy (non-hydrogen) atoms. The molecule has 10 heteroatoms. The van der Waals surface area contributed by atoms with Gasteiger partial charge < -0.3 is 29.0 Å². The van der Waals surface area contributed by atoms with Crippen LogP contribution in [0.2, 0.25) is 0 Å². The molecule has 2 aromatic rings. The number of carbonyl (C=O) groups excluding carboxylic acids is 1. The number of ether oxygens (including phenoxy) is 5. The van der Waals surface area contributed by atoms with E-state index in [9.17, 15) is 4.79 Å². The van der Waals surface area contributed by atoms with Crippen molar-refractivity contribution < 1.29 is 28.5 Å². The largest absolute Gasteiger partial charge is 0.497 e. The molecular formula is C26H30Cl3NO6. The van der Waals surface area contributed by atoms with Crippen LogP contribution in [0.25, 0.3) is 0 Å². The number of hydrogen-bond donors (Lipinski definition) is 1. The maximum Gasteiger partial charge on any atom is 0.273 e. The molecule has 2 aromatic carbocycles. The van der Waals surface area contributed by atoms with E-state index in [-0.39, 0.29) is 13.2 Å². The Balaban J connectivity index is 1.82. The van der Waals surface area contributed by atoms with E-state index in [1.807, 2.05) is 54.6 Å². The van der Waals surface area contributed by atoms with Crippen LogP contribution in [0.5, 0.6) is 5.75 Å². The van der Waals surface area contributed by atoms with Crippen LogP contribution in [-0.2, 0) is 37.0 Å². The number of rotatable bonds is 12. The van der Waals surface area contributed by atoms with Gasteiger partial charge in [-0.05, 0) is 23.3 Å². The third kappa shape index (κ3) is 7.59. The van der Waals surface area contributed by atoms with Gasteiger partial charge in [-0.15, -0.1) is 6.58 Å². The van der Waals surface area contributed by atoms with Gasteiger partial charge in [0.05, 0.1) is 33.0 Å². The second-order valence-electron chi connectivity index (χ2n) is 8.33. The minimum Gasteiger partial charge on any atom is -0.497 e. The van der Waals surface area contributed by atoms with Gasteiger partial charge in [-0.25, -0.2) is 0 Å². The van der Waals surface area contributed by atoms with Crippen LogP contribution in [0.4, 0.5) is 0 Å². The minimum atomic E-state index is -2.20. The fourth-order valence-electron chi connectivity index (χ4n) is 3.92. The van der Waals surface area contributed by atoms with Gasteiger partial charge in [0.1, 0.15) is 17.4 Å². The number of hydrogen-bond acceptors (Lipinski definition) is 6. The van der Waals surface area contributed by atoms with E-state index in [0.29, 0.717) is 13.0 Å². The zero-order valence-electron chi connectivity index (χ0n) is 20.1. The van der Waals surface area contributed by atoms with Crippen molar-refractivity contribution in [2.75, 3.05) is 20.8 Å². The first-order valence-corrected chi connectivity index (χ1v) is 12.4. The molecule has 1 saturated heterocycles. The van der Waals surface area contributed by atoms with Gasteiger partial charge in [-0.2, -0.15) is 0 Å². The van der Waals surface area contributed by atoms with Crippen LogP contribution >= 0.6 is 34.8 Å². The molecular weight excluding hydrogens is 529 g/mol. The Bertz CT molecular complexity index is 985. The van der Waals surface area contributed by atoms with E-state index in [1.54, 1.807) is 7.11 Å². The van der Waals surface area contributed by atoms with E-state index >= 15 is 0 Å². The topological polar surface area (TPSA) is 75.3 Å². The van der Waals surface area contributed by atoms with Crippen molar-refractivity contribution in [2.24, 2.45) is 0 Å². The van der Waals surface area contributed by atoms with E-state index in [1.165, 1.54) is 13.2 Å². The summed E-state index contributed by atoms with van der Waals surface area (Å²) in [6, 6.07) is 17.1. The van der Waals surface area contributed by atoms with Crippen LogP contribution < -0.4 is 10.1 Å². The molecule has 1 N–H and O–H groups in total. The Morgan fingerprint density at radius 3 is 2.33 bits per heavy atom. The monoisotopic (exact) mass is 557 g/mol. The smallest absolute Gasteiger partial charge is 0.273 e. The average Bonchev–Trinajstić information content (AvgIpc) is 3.31. The Morgan fingerprint density at radius 1 is 1.08 bits per heavy atom. The highest BCUT2D eigenvalue weighted by molar-refractivity contribution is 6.76. The normalized spacial score (nSPS) is 21.5. The highest BCUT2D eigenvalue weighted by Crippen LogP contribution is 2.35. The van der Waals surface area contributed by atoms with E-state index in [4.69, 9.17) is 58.5 Å². The SMILES string of the molecule is C=C[C@@](COCc1ccc(OC)cc1)(NC(=O)C(Cl)(Cl)Cl)[C@@H]1O[C@H](OC)C[C@H]1OCc1ccccc1. The average molecular weight is 559 g/mol. The molecule has 0 radical (unpaired) electrons. The molecule has 7 nitrogen and oxygen atoms in total. The molecule has 196 valence electrons. The predicted octanol–water partition coefficient (Wildman–Crippen LogP) is 4.97. The second kappa shape index (κ2) is 13.1. The van der Waals surface area contributed by atoms with Gasteiger partial charge in [0.25, 0.3) is 9.70 Å². The van der Waals surface area contributed by atoms with Crippen LogP contribution in [0, 0.1) is 0 Å². The molecule has 1 aliphatic heterocycles. The number of carbonyl (C=O) groups is 1. The van der Waals surface area contributed by atoms with Gasteiger partial charge in [0.15, 0.2) is 6.29 Å². The predicted molar refractivity (Wildman–Crippen MR) is 139 cm³/mol. The fourth-order valence-corrected chi connectivity index (χ4v) is 4.06. The summed E-state index contributed by atoms with van der Waals surface area (Å²) in [5.74, 6) is -0.107. The van der Waals surface area contributed by atoms with Crippen molar-refractivity contribution in [3.05, 3.63) is 78.4 Å². The lowest BCUT2D eigenvalue weighted by molar-refractivity contribution is -0.151. The zero-order valence-corrected chi connectivity index (χ0v) is 22.4. The Morgan fingerprint density at radius 2 is 1.75 bits per heavy atom. The summed E-state index contributed by atoms with van der Waals surface area (Å²) in [5.41, 5.74) is 0.602. The molecule has 0 spiro atoms. The summed E-state index contributed by atoms with van der Waals surface area (Å²) in [7, 11) is 3.14. The number of benzene rings is 2. The molecule has 0 aromatic heterocycles. The summed E-state index contributed by atoms with van der Waals surface area (Å²) in [4.78, 5) is 12.8. The first kappa shape index (κ1) is 28.7. The molecule has 1 heterocycles. The van der Waals surface area contributed by atoms with Crippen LogP contribution in [-0.4, -0.2) is 54.6 Å². The number of methoxy groups -OCH3 is 2. The van der Waals surface area contributed by atoms with Crippen molar-refractivity contribution in [1.82, 2.24) is 5.32 Å². The van der Waals surface area contributed by atoms with E-state index in [0.717, 1.165) is 16.9 Å². The summed E-state index contributed by atoms with van der Waals surface area (Å²) in [6.07, 6.45) is 0.161. The molecule has 0 aliphatic carbocycles. The lowest BCUT2D eigenvalue weighted by atomic mass is 9.89. The Kier molecular flexibility index (Phi) is 10.5. The molecule has 1 fully saturated rings. The molecule has 1 aliphatic rings. The van der Waals surface area contributed by atoms with Crippen molar-refractivity contribution in [3.63, 3.8) is 0 Å². The molecule has 0 bridgehead atoms. The number of amides is 1. The van der Waals surface area contributed by atoms with Gasteiger partial charge in [-0.3, -0.25) is 4.79 Å². The number of nitrogens with one attached hydrogen (secondary N) is 1. The first-order chi connectivity index (χ1) is 17.2. The maximum absolute atomic E-state index is 12.8. The van der Waals surface area contributed by atoms with Crippen LogP contribution in [0.15, 0.2) is 67.3 Å². The van der Waals surface area contributed by atoms with E-state index in [2.05, 4.69) is 11.9 Å². The van der Waals surface area contributed by atoms with E-state index < -0.39 is 33.7 Å². The lowest BCUT2D eigenvalue weighted by Crippen LogP contribution is -2.63. The molecule has 4 atom stereocenters. The summed E-state index contributed by atoms with van der Waals surface area (Å²) in [6.45, 7) is 4.50. The fraction of sp³-hybridized carbons (Fsp3) is 0.423. The summed E-state index contributed by atoms with van der Waals surface area (Å²) in [5, 5.41) is 2.78. The Hall–Kier alpha value is -1.84.